The van der Waals surface area contributed by atoms with Gasteiger partial charge >= 0.3 is 0 Å². The summed E-state index contributed by atoms with van der Waals surface area (Å²) >= 11 is 0. The molecule has 2 aromatic rings. The van der Waals surface area contributed by atoms with Crippen LogP contribution in [0.2, 0.25) is 0 Å². The second-order valence-corrected chi connectivity index (χ2v) is 4.98. The summed E-state index contributed by atoms with van der Waals surface area (Å²) in [6, 6.07) is 16.0. The summed E-state index contributed by atoms with van der Waals surface area (Å²) in [4.78, 5) is 34.3. The van der Waals surface area contributed by atoms with Crippen LogP contribution in [0.25, 0.3) is 0 Å². The quantitative estimate of drug-likeness (QED) is 0.874. The van der Waals surface area contributed by atoms with Crippen molar-refractivity contribution in [3.05, 3.63) is 66.4 Å². The van der Waals surface area contributed by atoms with Crippen molar-refractivity contribution in [2.24, 2.45) is 0 Å². The second-order valence-electron chi connectivity index (χ2n) is 4.98. The summed E-state index contributed by atoms with van der Waals surface area (Å²) in [5.74, 6) is -0.852. The van der Waals surface area contributed by atoms with Gasteiger partial charge in [-0.05, 0) is 36.4 Å². The van der Waals surface area contributed by atoms with E-state index >= 15 is 0 Å². The highest BCUT2D eigenvalue weighted by atomic mass is 16.5. The number of rotatable bonds is 4. The summed E-state index contributed by atoms with van der Waals surface area (Å²) in [6.07, 6.45) is 0.897. The molecule has 0 aromatic heterocycles. The monoisotopic (exact) mass is 323 g/mol. The Morgan fingerprint density at radius 3 is 2.29 bits per heavy atom. The molecular weight excluding hydrogens is 310 g/mol. The number of carbonyl (C=O) groups is 3. The van der Waals surface area contributed by atoms with Crippen molar-refractivity contribution in [2.75, 3.05) is 11.9 Å². The van der Waals surface area contributed by atoms with E-state index in [4.69, 9.17) is 9.47 Å². The number of hydrogen-bond acceptors (Lipinski definition) is 5. The normalized spacial score (nSPS) is 13.8. The van der Waals surface area contributed by atoms with Crippen LogP contribution in [0.1, 0.15) is 0 Å². The van der Waals surface area contributed by atoms with E-state index < -0.39 is 24.1 Å². The minimum absolute atomic E-state index is 0.177. The maximum atomic E-state index is 12.0. The SMILES string of the molecule is O=C1C=C(C(=O)Nc2ccc(Oc3ccccc3)cc2)OCC1=O. The van der Waals surface area contributed by atoms with Crippen molar-refractivity contribution in [1.82, 2.24) is 0 Å². The zero-order chi connectivity index (χ0) is 16.9. The van der Waals surface area contributed by atoms with Crippen LogP contribution in [0.3, 0.4) is 0 Å². The molecule has 0 atom stereocenters. The molecule has 6 nitrogen and oxygen atoms in total. The number of nitrogens with one attached hydrogen (secondary N) is 1. The molecule has 0 spiro atoms. The molecule has 24 heavy (non-hydrogen) atoms. The molecule has 2 aromatic carbocycles. The number of ether oxygens (including phenoxy) is 2. The summed E-state index contributed by atoms with van der Waals surface area (Å²) in [7, 11) is 0. The van der Waals surface area contributed by atoms with Crippen molar-refractivity contribution in [2.45, 2.75) is 0 Å². The van der Waals surface area contributed by atoms with E-state index in [1.54, 1.807) is 24.3 Å². The molecule has 0 saturated carbocycles. The zero-order valence-electron chi connectivity index (χ0n) is 12.5. The van der Waals surface area contributed by atoms with Gasteiger partial charge in [0.05, 0.1) is 0 Å². The van der Waals surface area contributed by atoms with E-state index in [9.17, 15) is 14.4 Å². The summed E-state index contributed by atoms with van der Waals surface area (Å²) < 4.78 is 10.6. The van der Waals surface area contributed by atoms with Crippen molar-refractivity contribution >= 4 is 23.2 Å². The Labute approximate surface area is 137 Å². The number of Topliss-reactive ketones (excluding diaryl/α,β-unsaturated/α-hetero) is 1. The third kappa shape index (κ3) is 3.67. The lowest BCUT2D eigenvalue weighted by Gasteiger charge is -2.13. The number of allylic oxidation sites excluding steroid dienone is 1. The van der Waals surface area contributed by atoms with Crippen LogP contribution in [0.5, 0.6) is 11.5 Å². The lowest BCUT2D eigenvalue weighted by molar-refractivity contribution is -0.138. The van der Waals surface area contributed by atoms with Gasteiger partial charge in [0.2, 0.25) is 11.6 Å². The summed E-state index contributed by atoms with van der Waals surface area (Å²) in [5, 5.41) is 2.59. The van der Waals surface area contributed by atoms with Crippen LogP contribution >= 0.6 is 0 Å². The first kappa shape index (κ1) is 15.5. The van der Waals surface area contributed by atoms with Gasteiger partial charge in [0, 0.05) is 11.8 Å². The number of carbonyl (C=O) groups excluding carboxylic acids is 3. The predicted molar refractivity (Wildman–Crippen MR) is 85.6 cm³/mol. The number of amides is 1. The van der Waals surface area contributed by atoms with Gasteiger partial charge in [0.1, 0.15) is 11.5 Å². The molecule has 1 N–H and O–H groups in total. The smallest absolute Gasteiger partial charge is 0.290 e. The molecule has 0 saturated heterocycles. The number of anilines is 1. The van der Waals surface area contributed by atoms with Gasteiger partial charge in [0.25, 0.3) is 5.91 Å². The molecular formula is C18H13NO5. The average Bonchev–Trinajstić information content (AvgIpc) is 2.60. The molecule has 0 fully saturated rings. The van der Waals surface area contributed by atoms with Crippen LogP contribution < -0.4 is 10.1 Å². The molecule has 120 valence electrons. The first-order chi connectivity index (χ1) is 11.6. The number of para-hydroxylation sites is 1. The molecule has 1 aliphatic rings. The highest BCUT2D eigenvalue weighted by Gasteiger charge is 2.24. The lowest BCUT2D eigenvalue weighted by Crippen LogP contribution is -2.28. The van der Waals surface area contributed by atoms with Crippen LogP contribution in [0.15, 0.2) is 66.4 Å². The molecule has 0 bridgehead atoms. The van der Waals surface area contributed by atoms with Gasteiger partial charge in [-0.2, -0.15) is 0 Å². The average molecular weight is 323 g/mol. The molecule has 1 amide bonds. The molecule has 1 heterocycles. The van der Waals surface area contributed by atoms with E-state index in [-0.39, 0.29) is 5.76 Å². The Balaban J connectivity index is 1.64. The third-order valence-electron chi connectivity index (χ3n) is 3.21. The fraction of sp³-hybridized carbons (Fsp3) is 0.0556. The van der Waals surface area contributed by atoms with E-state index in [0.717, 1.165) is 6.08 Å². The fourth-order valence-electron chi connectivity index (χ4n) is 2.01. The minimum atomic E-state index is -0.738. The van der Waals surface area contributed by atoms with Gasteiger partial charge in [-0.25, -0.2) is 0 Å². The third-order valence-corrected chi connectivity index (χ3v) is 3.21. The van der Waals surface area contributed by atoms with Gasteiger partial charge in [-0.1, -0.05) is 18.2 Å². The highest BCUT2D eigenvalue weighted by molar-refractivity contribution is 6.43. The van der Waals surface area contributed by atoms with Crippen LogP contribution in [-0.2, 0) is 19.1 Å². The highest BCUT2D eigenvalue weighted by Crippen LogP contribution is 2.23. The van der Waals surface area contributed by atoms with Crippen LogP contribution in [-0.4, -0.2) is 24.1 Å². The van der Waals surface area contributed by atoms with E-state index in [1.807, 2.05) is 30.3 Å². The fourth-order valence-corrected chi connectivity index (χ4v) is 2.01. The first-order valence-corrected chi connectivity index (χ1v) is 7.18. The van der Waals surface area contributed by atoms with Crippen LogP contribution in [0, 0.1) is 0 Å². The van der Waals surface area contributed by atoms with E-state index in [1.165, 1.54) is 0 Å². The lowest BCUT2D eigenvalue weighted by atomic mass is 10.2. The summed E-state index contributed by atoms with van der Waals surface area (Å²) in [5.41, 5.74) is 0.509. The number of benzene rings is 2. The van der Waals surface area contributed by atoms with Gasteiger partial charge in [0.15, 0.2) is 12.4 Å². The Morgan fingerprint density at radius 1 is 0.958 bits per heavy atom. The Morgan fingerprint density at radius 2 is 1.62 bits per heavy atom. The molecule has 1 aliphatic heterocycles. The van der Waals surface area contributed by atoms with Gasteiger partial charge in [-0.15, -0.1) is 0 Å². The Bertz CT molecular complexity index is 809. The second kappa shape index (κ2) is 6.78. The van der Waals surface area contributed by atoms with E-state index in [0.29, 0.717) is 17.2 Å². The van der Waals surface area contributed by atoms with Crippen molar-refractivity contribution in [3.63, 3.8) is 0 Å². The largest absolute Gasteiger partial charge is 0.479 e. The predicted octanol–water partition coefficient (Wildman–Crippen LogP) is 2.47. The molecule has 0 unspecified atom stereocenters. The maximum absolute atomic E-state index is 12.0. The zero-order valence-corrected chi connectivity index (χ0v) is 12.5. The topological polar surface area (TPSA) is 81.7 Å². The minimum Gasteiger partial charge on any atom is -0.479 e. The molecule has 3 rings (SSSR count). The number of ketones is 2. The number of hydrogen-bond donors (Lipinski definition) is 1. The molecule has 0 aliphatic carbocycles. The van der Waals surface area contributed by atoms with Crippen molar-refractivity contribution in [1.29, 1.82) is 0 Å². The van der Waals surface area contributed by atoms with Crippen molar-refractivity contribution in [3.8, 4) is 11.5 Å². The Hall–Kier alpha value is -3.41. The molecule has 0 radical (unpaired) electrons. The van der Waals surface area contributed by atoms with Gasteiger partial charge in [-0.3, -0.25) is 14.4 Å². The maximum Gasteiger partial charge on any atom is 0.290 e. The molecule has 6 heteroatoms. The van der Waals surface area contributed by atoms with Crippen LogP contribution in [0.4, 0.5) is 5.69 Å². The van der Waals surface area contributed by atoms with E-state index in [2.05, 4.69) is 5.32 Å². The van der Waals surface area contributed by atoms with Crippen molar-refractivity contribution < 1.29 is 23.9 Å². The first-order valence-electron chi connectivity index (χ1n) is 7.18. The van der Waals surface area contributed by atoms with Gasteiger partial charge < -0.3 is 14.8 Å². The Kier molecular flexibility index (Phi) is 4.38. The standard InChI is InChI=1S/C18H13NO5/c20-15-10-17(23-11-16(15)21)18(22)19-12-6-8-14(9-7-12)24-13-4-2-1-3-5-13/h1-10H,11H2,(H,19,22). The summed E-state index contributed by atoms with van der Waals surface area (Å²) in [6.45, 7) is -0.415.